The van der Waals surface area contributed by atoms with Crippen molar-refractivity contribution >= 4 is 28.3 Å². The lowest BCUT2D eigenvalue weighted by molar-refractivity contribution is -0.137. The highest BCUT2D eigenvalue weighted by Gasteiger charge is 2.17. The summed E-state index contributed by atoms with van der Waals surface area (Å²) in [4.78, 5) is 20.9. The van der Waals surface area contributed by atoms with Crippen LogP contribution in [0.2, 0.25) is 0 Å². The zero-order valence-corrected chi connectivity index (χ0v) is 9.70. The molecule has 1 aromatic carbocycles. The molecule has 2 N–H and O–H groups in total. The fourth-order valence-electron chi connectivity index (χ4n) is 1.30. The molecule has 0 radical (unpaired) electrons. The Morgan fingerprint density at radius 3 is 2.81 bits per heavy atom. The third-order valence-electron chi connectivity index (χ3n) is 1.99. The molecule has 0 saturated carbocycles. The van der Waals surface area contributed by atoms with Crippen LogP contribution in [0.5, 0.6) is 0 Å². The molecule has 0 aliphatic heterocycles. The number of amides is 1. The number of benzene rings is 1. The molecule has 86 valence electrons. The fourth-order valence-corrected chi connectivity index (χ4v) is 1.93. The summed E-state index contributed by atoms with van der Waals surface area (Å²) in [7, 11) is 0. The summed E-state index contributed by atoms with van der Waals surface area (Å²) < 4.78 is 13.2. The zero-order chi connectivity index (χ0) is 12.1. The van der Waals surface area contributed by atoms with E-state index >= 15 is 0 Å². The Bertz CT molecular complexity index is 411. The van der Waals surface area contributed by atoms with Gasteiger partial charge in [0.1, 0.15) is 5.82 Å². The van der Waals surface area contributed by atoms with Gasteiger partial charge in [0.15, 0.2) is 0 Å². The van der Waals surface area contributed by atoms with Crippen LogP contribution < -0.4 is 5.32 Å². The highest BCUT2D eigenvalue weighted by molar-refractivity contribution is 9.10. The van der Waals surface area contributed by atoms with Gasteiger partial charge in [-0.2, -0.15) is 0 Å². The Balaban J connectivity index is 3.00. The van der Waals surface area contributed by atoms with Crippen molar-refractivity contribution in [2.45, 2.75) is 12.5 Å². The van der Waals surface area contributed by atoms with E-state index in [4.69, 9.17) is 5.11 Å². The molecule has 0 spiro atoms. The molecule has 16 heavy (non-hydrogen) atoms. The van der Waals surface area contributed by atoms with E-state index in [1.54, 1.807) is 0 Å². The van der Waals surface area contributed by atoms with Crippen LogP contribution in [0.1, 0.15) is 18.0 Å². The molecule has 1 amide bonds. The average Bonchev–Trinajstić information content (AvgIpc) is 2.16. The van der Waals surface area contributed by atoms with E-state index in [0.717, 1.165) is 0 Å². The lowest BCUT2D eigenvalue weighted by atomic mass is 10.0. The van der Waals surface area contributed by atoms with E-state index in [0.29, 0.717) is 16.4 Å². The Morgan fingerprint density at radius 2 is 2.31 bits per heavy atom. The second-order valence-electron chi connectivity index (χ2n) is 3.10. The lowest BCUT2D eigenvalue weighted by Gasteiger charge is -2.15. The van der Waals surface area contributed by atoms with Crippen LogP contribution in [0.4, 0.5) is 4.39 Å². The van der Waals surface area contributed by atoms with Crippen molar-refractivity contribution in [1.29, 1.82) is 0 Å². The van der Waals surface area contributed by atoms with Crippen LogP contribution in [0, 0.1) is 5.82 Å². The molecule has 0 bridgehead atoms. The Morgan fingerprint density at radius 1 is 1.62 bits per heavy atom. The lowest BCUT2D eigenvalue weighted by Crippen LogP contribution is -2.22. The summed E-state index contributed by atoms with van der Waals surface area (Å²) in [5.74, 6) is -1.48. The molecule has 0 aliphatic carbocycles. The standard InChI is InChI=1S/C10H9BrFNO3/c11-8-3-6(12)1-2-7(8)9(13-5-14)4-10(15)16/h1-3,5,9H,4H2,(H,13,14)(H,15,16)/t9-/m1/s1. The fraction of sp³-hybridized carbons (Fsp3) is 0.200. The van der Waals surface area contributed by atoms with Crippen LogP contribution in [-0.4, -0.2) is 17.5 Å². The Hall–Kier alpha value is -1.43. The van der Waals surface area contributed by atoms with Gasteiger partial charge in [-0.3, -0.25) is 9.59 Å². The first-order valence-corrected chi connectivity index (χ1v) is 5.20. The molecular formula is C10H9BrFNO3. The number of rotatable bonds is 5. The number of nitrogens with one attached hydrogen (secondary N) is 1. The predicted molar refractivity (Wildman–Crippen MR) is 58.3 cm³/mol. The maximum Gasteiger partial charge on any atom is 0.305 e. The van der Waals surface area contributed by atoms with Gasteiger partial charge in [-0.05, 0) is 17.7 Å². The van der Waals surface area contributed by atoms with Gasteiger partial charge in [0.05, 0.1) is 12.5 Å². The first kappa shape index (κ1) is 12.6. The van der Waals surface area contributed by atoms with Crippen molar-refractivity contribution in [1.82, 2.24) is 5.32 Å². The molecule has 6 heteroatoms. The van der Waals surface area contributed by atoms with Crippen molar-refractivity contribution in [2.24, 2.45) is 0 Å². The first-order valence-electron chi connectivity index (χ1n) is 4.41. The number of carboxylic acids is 1. The van der Waals surface area contributed by atoms with Gasteiger partial charge in [0.25, 0.3) is 0 Å². The maximum atomic E-state index is 12.8. The molecule has 0 saturated heterocycles. The van der Waals surface area contributed by atoms with Crippen LogP contribution in [-0.2, 0) is 9.59 Å². The van der Waals surface area contributed by atoms with Crippen molar-refractivity contribution in [2.75, 3.05) is 0 Å². The molecule has 0 aliphatic rings. The summed E-state index contributed by atoms with van der Waals surface area (Å²) in [5.41, 5.74) is 0.524. The third kappa shape index (κ3) is 3.30. The van der Waals surface area contributed by atoms with Crippen LogP contribution >= 0.6 is 15.9 Å². The van der Waals surface area contributed by atoms with Gasteiger partial charge in [0.2, 0.25) is 6.41 Å². The average molecular weight is 290 g/mol. The second kappa shape index (κ2) is 5.60. The molecule has 0 heterocycles. The van der Waals surface area contributed by atoms with Crippen LogP contribution in [0.25, 0.3) is 0 Å². The number of hydrogen-bond acceptors (Lipinski definition) is 2. The molecule has 0 unspecified atom stereocenters. The number of hydrogen-bond donors (Lipinski definition) is 2. The molecule has 1 rings (SSSR count). The number of aliphatic carboxylic acids is 1. The maximum absolute atomic E-state index is 12.8. The van der Waals surface area contributed by atoms with Gasteiger partial charge in [-0.15, -0.1) is 0 Å². The minimum Gasteiger partial charge on any atom is -0.481 e. The second-order valence-corrected chi connectivity index (χ2v) is 3.96. The third-order valence-corrected chi connectivity index (χ3v) is 2.67. The van der Waals surface area contributed by atoms with Crippen molar-refractivity contribution < 1.29 is 19.1 Å². The first-order chi connectivity index (χ1) is 7.54. The summed E-state index contributed by atoms with van der Waals surface area (Å²) in [5, 5.41) is 11.0. The van der Waals surface area contributed by atoms with Gasteiger partial charge >= 0.3 is 5.97 Å². The van der Waals surface area contributed by atoms with Gasteiger partial charge in [-0.1, -0.05) is 22.0 Å². The Labute approximate surface area is 99.6 Å². The molecular weight excluding hydrogens is 281 g/mol. The molecule has 1 atom stereocenters. The summed E-state index contributed by atoms with van der Waals surface area (Å²) >= 11 is 3.12. The van der Waals surface area contributed by atoms with E-state index in [1.165, 1.54) is 18.2 Å². The topological polar surface area (TPSA) is 66.4 Å². The highest BCUT2D eigenvalue weighted by Crippen LogP contribution is 2.26. The summed E-state index contributed by atoms with van der Waals surface area (Å²) in [6.07, 6.45) is 0.159. The van der Waals surface area contributed by atoms with Crippen LogP contribution in [0.3, 0.4) is 0 Å². The largest absolute Gasteiger partial charge is 0.481 e. The molecule has 1 aromatic rings. The van der Waals surface area contributed by atoms with Crippen molar-refractivity contribution in [3.8, 4) is 0 Å². The van der Waals surface area contributed by atoms with E-state index in [1.807, 2.05) is 0 Å². The minimum atomic E-state index is -1.05. The summed E-state index contributed by atoms with van der Waals surface area (Å²) in [6, 6.07) is 3.19. The number of carboxylic acid groups (broad SMARTS) is 1. The smallest absolute Gasteiger partial charge is 0.305 e. The zero-order valence-electron chi connectivity index (χ0n) is 8.11. The SMILES string of the molecule is O=CN[C@H](CC(=O)O)c1ccc(F)cc1Br. The summed E-state index contributed by atoms with van der Waals surface area (Å²) in [6.45, 7) is 0. The molecule has 4 nitrogen and oxygen atoms in total. The number of halogens is 2. The van der Waals surface area contributed by atoms with E-state index < -0.39 is 17.8 Å². The molecule has 0 aromatic heterocycles. The van der Waals surface area contributed by atoms with Crippen molar-refractivity contribution in [3.63, 3.8) is 0 Å². The monoisotopic (exact) mass is 289 g/mol. The predicted octanol–water partition coefficient (Wildman–Crippen LogP) is 1.85. The van der Waals surface area contributed by atoms with Crippen LogP contribution in [0.15, 0.2) is 22.7 Å². The number of carbonyl (C=O) groups excluding carboxylic acids is 1. The number of carbonyl (C=O) groups is 2. The van der Waals surface area contributed by atoms with E-state index in [9.17, 15) is 14.0 Å². The van der Waals surface area contributed by atoms with E-state index in [2.05, 4.69) is 21.2 Å². The Kier molecular flexibility index (Phi) is 4.42. The normalized spacial score (nSPS) is 11.9. The van der Waals surface area contributed by atoms with Gasteiger partial charge in [-0.25, -0.2) is 4.39 Å². The quantitative estimate of drug-likeness (QED) is 0.813. The van der Waals surface area contributed by atoms with Crippen molar-refractivity contribution in [3.05, 3.63) is 34.1 Å². The van der Waals surface area contributed by atoms with Gasteiger partial charge < -0.3 is 10.4 Å². The molecule has 0 fully saturated rings. The van der Waals surface area contributed by atoms with Gasteiger partial charge in [0, 0.05) is 4.47 Å². The minimum absolute atomic E-state index is 0.261. The highest BCUT2D eigenvalue weighted by atomic mass is 79.9. The van der Waals surface area contributed by atoms with E-state index in [-0.39, 0.29) is 6.42 Å².